The second-order valence-corrected chi connectivity index (χ2v) is 3.26. The highest BCUT2D eigenvalue weighted by Crippen LogP contribution is 2.18. The van der Waals surface area contributed by atoms with Gasteiger partial charge in [0.25, 0.3) is 0 Å². The van der Waals surface area contributed by atoms with Gasteiger partial charge in [-0.2, -0.15) is 0 Å². The summed E-state index contributed by atoms with van der Waals surface area (Å²) in [6.45, 7) is 7.98. The van der Waals surface area contributed by atoms with Crippen LogP contribution in [-0.2, 0) is 6.42 Å². The molecule has 1 aromatic carbocycles. The van der Waals surface area contributed by atoms with E-state index in [-0.39, 0.29) is 0 Å². The standard InChI is InChI=1S/C12H17N/c1-4-6-11-9-10(3)7-8-12(11)13-5-2/h5,7-9,13H,2,4,6H2,1,3H3. The molecule has 0 heterocycles. The molecule has 13 heavy (non-hydrogen) atoms. The highest BCUT2D eigenvalue weighted by atomic mass is 14.8. The third-order valence-electron chi connectivity index (χ3n) is 2.04. The summed E-state index contributed by atoms with van der Waals surface area (Å²) in [7, 11) is 0. The second-order valence-electron chi connectivity index (χ2n) is 3.26. The smallest absolute Gasteiger partial charge is 0.0412 e. The van der Waals surface area contributed by atoms with E-state index in [2.05, 4.69) is 43.9 Å². The Morgan fingerprint density at radius 2 is 2.23 bits per heavy atom. The molecule has 0 spiro atoms. The van der Waals surface area contributed by atoms with Crippen LogP contribution in [0, 0.1) is 6.92 Å². The Morgan fingerprint density at radius 3 is 2.85 bits per heavy atom. The minimum absolute atomic E-state index is 1.12. The molecule has 0 aliphatic heterocycles. The van der Waals surface area contributed by atoms with E-state index in [1.807, 2.05) is 0 Å². The largest absolute Gasteiger partial charge is 0.362 e. The van der Waals surface area contributed by atoms with E-state index in [4.69, 9.17) is 0 Å². The zero-order valence-electron chi connectivity index (χ0n) is 8.43. The van der Waals surface area contributed by atoms with Crippen molar-refractivity contribution in [1.82, 2.24) is 0 Å². The first kappa shape index (κ1) is 9.85. The average molecular weight is 175 g/mol. The molecule has 0 unspecified atom stereocenters. The topological polar surface area (TPSA) is 12.0 Å². The van der Waals surface area contributed by atoms with Crippen LogP contribution < -0.4 is 5.32 Å². The molecule has 1 rings (SSSR count). The van der Waals surface area contributed by atoms with Crippen LogP contribution in [0.2, 0.25) is 0 Å². The van der Waals surface area contributed by atoms with Gasteiger partial charge in [0.15, 0.2) is 0 Å². The fraction of sp³-hybridized carbons (Fsp3) is 0.333. The number of hydrogen-bond donors (Lipinski definition) is 1. The van der Waals surface area contributed by atoms with E-state index in [0.29, 0.717) is 0 Å². The summed E-state index contributed by atoms with van der Waals surface area (Å²) >= 11 is 0. The van der Waals surface area contributed by atoms with E-state index < -0.39 is 0 Å². The molecule has 0 atom stereocenters. The normalized spacial score (nSPS) is 9.69. The van der Waals surface area contributed by atoms with E-state index in [1.54, 1.807) is 6.20 Å². The molecule has 0 saturated carbocycles. The van der Waals surface area contributed by atoms with Crippen LogP contribution in [0.25, 0.3) is 0 Å². The van der Waals surface area contributed by atoms with Gasteiger partial charge in [-0.1, -0.05) is 37.6 Å². The van der Waals surface area contributed by atoms with Crippen molar-refractivity contribution in [3.63, 3.8) is 0 Å². The molecule has 1 heteroatoms. The predicted molar refractivity (Wildman–Crippen MR) is 59.0 cm³/mol. The molecular formula is C12H17N. The molecule has 70 valence electrons. The van der Waals surface area contributed by atoms with Gasteiger partial charge in [-0.25, -0.2) is 0 Å². The SMILES string of the molecule is C=CNc1ccc(C)cc1CCC. The molecule has 1 N–H and O–H groups in total. The molecule has 0 saturated heterocycles. The maximum absolute atomic E-state index is 3.67. The van der Waals surface area contributed by atoms with E-state index in [9.17, 15) is 0 Å². The van der Waals surface area contributed by atoms with Gasteiger partial charge in [-0.05, 0) is 31.2 Å². The molecule has 0 aliphatic carbocycles. The molecule has 0 fully saturated rings. The van der Waals surface area contributed by atoms with Crippen LogP contribution in [0.15, 0.2) is 31.0 Å². The highest BCUT2D eigenvalue weighted by Gasteiger charge is 1.99. The summed E-state index contributed by atoms with van der Waals surface area (Å²) in [5, 5.41) is 3.15. The summed E-state index contributed by atoms with van der Waals surface area (Å²) in [5.74, 6) is 0. The summed E-state index contributed by atoms with van der Waals surface area (Å²) in [6.07, 6.45) is 4.02. The van der Waals surface area contributed by atoms with Gasteiger partial charge in [0.2, 0.25) is 0 Å². The first-order valence-corrected chi connectivity index (χ1v) is 4.75. The molecule has 0 aromatic heterocycles. The molecule has 0 radical (unpaired) electrons. The molecular weight excluding hydrogens is 158 g/mol. The zero-order chi connectivity index (χ0) is 9.68. The molecule has 1 nitrogen and oxygen atoms in total. The quantitative estimate of drug-likeness (QED) is 0.738. The van der Waals surface area contributed by atoms with E-state index >= 15 is 0 Å². The van der Waals surface area contributed by atoms with Gasteiger partial charge >= 0.3 is 0 Å². The lowest BCUT2D eigenvalue weighted by atomic mass is 10.1. The average Bonchev–Trinajstić information content (AvgIpc) is 2.10. The van der Waals surface area contributed by atoms with Gasteiger partial charge in [-0.15, -0.1) is 0 Å². The Hall–Kier alpha value is -1.24. The Morgan fingerprint density at radius 1 is 1.46 bits per heavy atom. The molecule has 0 bridgehead atoms. The van der Waals surface area contributed by atoms with Gasteiger partial charge in [0, 0.05) is 5.69 Å². The number of nitrogens with one attached hydrogen (secondary N) is 1. The molecule has 1 aromatic rings. The summed E-state index contributed by atoms with van der Waals surface area (Å²) in [6, 6.07) is 6.46. The van der Waals surface area contributed by atoms with Gasteiger partial charge in [-0.3, -0.25) is 0 Å². The number of rotatable bonds is 4. The minimum Gasteiger partial charge on any atom is -0.362 e. The number of anilines is 1. The minimum atomic E-state index is 1.12. The third kappa shape index (κ3) is 2.62. The van der Waals surface area contributed by atoms with Gasteiger partial charge < -0.3 is 5.32 Å². The second kappa shape index (κ2) is 4.70. The Balaban J connectivity index is 2.95. The van der Waals surface area contributed by atoms with Crippen LogP contribution in [0.4, 0.5) is 5.69 Å². The van der Waals surface area contributed by atoms with Crippen LogP contribution in [0.1, 0.15) is 24.5 Å². The van der Waals surface area contributed by atoms with Crippen LogP contribution >= 0.6 is 0 Å². The Bertz CT molecular complexity index is 289. The van der Waals surface area contributed by atoms with Gasteiger partial charge in [0.1, 0.15) is 0 Å². The van der Waals surface area contributed by atoms with Crippen LogP contribution in [0.5, 0.6) is 0 Å². The molecule has 0 amide bonds. The first-order valence-electron chi connectivity index (χ1n) is 4.75. The summed E-state index contributed by atoms with van der Waals surface area (Å²) in [4.78, 5) is 0. The lowest BCUT2D eigenvalue weighted by Gasteiger charge is -2.09. The molecule has 0 aliphatic rings. The first-order chi connectivity index (χ1) is 6.27. The zero-order valence-corrected chi connectivity index (χ0v) is 8.43. The number of aryl methyl sites for hydroxylation is 2. The van der Waals surface area contributed by atoms with Crippen LogP contribution in [-0.4, -0.2) is 0 Å². The summed E-state index contributed by atoms with van der Waals surface area (Å²) in [5.41, 5.74) is 3.88. The fourth-order valence-corrected chi connectivity index (χ4v) is 1.45. The lowest BCUT2D eigenvalue weighted by Crippen LogP contribution is -1.94. The van der Waals surface area contributed by atoms with Crippen molar-refractivity contribution in [3.8, 4) is 0 Å². The highest BCUT2D eigenvalue weighted by molar-refractivity contribution is 5.54. The number of benzene rings is 1. The van der Waals surface area contributed by atoms with Crippen molar-refractivity contribution in [2.45, 2.75) is 26.7 Å². The maximum Gasteiger partial charge on any atom is 0.0412 e. The Labute approximate surface area is 80.5 Å². The monoisotopic (exact) mass is 175 g/mol. The predicted octanol–water partition coefficient (Wildman–Crippen LogP) is 3.50. The fourth-order valence-electron chi connectivity index (χ4n) is 1.45. The van der Waals surface area contributed by atoms with Crippen molar-refractivity contribution < 1.29 is 0 Å². The van der Waals surface area contributed by atoms with Crippen molar-refractivity contribution in [1.29, 1.82) is 0 Å². The van der Waals surface area contributed by atoms with Crippen molar-refractivity contribution in [3.05, 3.63) is 42.1 Å². The van der Waals surface area contributed by atoms with E-state index in [1.165, 1.54) is 23.2 Å². The van der Waals surface area contributed by atoms with Crippen molar-refractivity contribution in [2.24, 2.45) is 0 Å². The maximum atomic E-state index is 3.67. The van der Waals surface area contributed by atoms with Crippen molar-refractivity contribution in [2.75, 3.05) is 5.32 Å². The van der Waals surface area contributed by atoms with Crippen LogP contribution in [0.3, 0.4) is 0 Å². The summed E-state index contributed by atoms with van der Waals surface area (Å²) < 4.78 is 0. The number of hydrogen-bond acceptors (Lipinski definition) is 1. The lowest BCUT2D eigenvalue weighted by molar-refractivity contribution is 0.922. The van der Waals surface area contributed by atoms with E-state index in [0.717, 1.165) is 6.42 Å². The third-order valence-corrected chi connectivity index (χ3v) is 2.04. The van der Waals surface area contributed by atoms with Gasteiger partial charge in [0.05, 0.1) is 0 Å². The Kier molecular flexibility index (Phi) is 3.56. The van der Waals surface area contributed by atoms with Crippen molar-refractivity contribution >= 4 is 5.69 Å².